The molecule has 0 aliphatic carbocycles. The number of anilines is 2. The summed E-state index contributed by atoms with van der Waals surface area (Å²) in [5.74, 6) is 1.30. The molecule has 0 saturated heterocycles. The van der Waals surface area contributed by atoms with Crippen molar-refractivity contribution in [1.29, 1.82) is 0 Å². The lowest BCUT2D eigenvalue weighted by atomic mass is 10.1. The second-order valence-electron chi connectivity index (χ2n) is 6.95. The van der Waals surface area contributed by atoms with Crippen LogP contribution in [0.25, 0.3) is 21.8 Å². The van der Waals surface area contributed by atoms with E-state index < -0.39 is 5.82 Å². The number of aromatic nitrogens is 3. The van der Waals surface area contributed by atoms with Gasteiger partial charge in [-0.1, -0.05) is 15.9 Å². The molecule has 2 aromatic heterocycles. The summed E-state index contributed by atoms with van der Waals surface area (Å²) < 4.78 is 22.0. The number of halogens is 2. The molecule has 152 valence electrons. The standard InChI is InChI=1S/C22H19BrFN5O/c1-13(11-29(2)3)30-19-10-14(23)9-18-20(19)22(27-12-26-18)28-17-7-6-16-15(21(17)24)5-4-8-25-16/h4-12H,1-3H3,(H,26,27,28)/b13-11+. The number of allylic oxidation sites excluding steroid dienone is 1. The maximum absolute atomic E-state index is 15.1. The number of nitrogens with zero attached hydrogens (tertiary/aromatic N) is 4. The van der Waals surface area contributed by atoms with E-state index in [1.165, 1.54) is 6.33 Å². The van der Waals surface area contributed by atoms with E-state index in [1.807, 2.05) is 44.3 Å². The van der Waals surface area contributed by atoms with Crippen molar-refractivity contribution < 1.29 is 9.13 Å². The van der Waals surface area contributed by atoms with Gasteiger partial charge in [-0.25, -0.2) is 14.4 Å². The number of fused-ring (bicyclic) bond motifs is 2. The lowest BCUT2D eigenvalue weighted by Crippen LogP contribution is -2.05. The van der Waals surface area contributed by atoms with Crippen LogP contribution in [0.5, 0.6) is 5.75 Å². The highest BCUT2D eigenvalue weighted by Crippen LogP contribution is 2.36. The Balaban J connectivity index is 1.83. The first-order chi connectivity index (χ1) is 14.4. The van der Waals surface area contributed by atoms with Crippen molar-refractivity contribution in [3.05, 3.63) is 71.2 Å². The maximum atomic E-state index is 15.1. The van der Waals surface area contributed by atoms with Crippen LogP contribution in [0.3, 0.4) is 0 Å². The molecule has 1 N–H and O–H groups in total. The fourth-order valence-corrected chi connectivity index (χ4v) is 3.63. The predicted octanol–water partition coefficient (Wildman–Crippen LogP) is 5.62. The summed E-state index contributed by atoms with van der Waals surface area (Å²) in [5.41, 5.74) is 1.55. The van der Waals surface area contributed by atoms with E-state index in [0.717, 1.165) is 4.47 Å². The van der Waals surface area contributed by atoms with Gasteiger partial charge in [-0.2, -0.15) is 0 Å². The van der Waals surface area contributed by atoms with Crippen LogP contribution in [0.1, 0.15) is 6.92 Å². The van der Waals surface area contributed by atoms with E-state index in [4.69, 9.17) is 4.74 Å². The summed E-state index contributed by atoms with van der Waals surface area (Å²) in [5, 5.41) is 4.19. The maximum Gasteiger partial charge on any atom is 0.156 e. The Morgan fingerprint density at radius 1 is 1.13 bits per heavy atom. The molecule has 6 nitrogen and oxygen atoms in total. The fraction of sp³-hybridized carbons (Fsp3) is 0.136. The molecule has 4 aromatic rings. The molecule has 8 heteroatoms. The van der Waals surface area contributed by atoms with Crippen molar-refractivity contribution in [2.75, 3.05) is 19.4 Å². The van der Waals surface area contributed by atoms with Crippen molar-refractivity contribution in [2.24, 2.45) is 0 Å². The van der Waals surface area contributed by atoms with E-state index in [9.17, 15) is 0 Å². The third-order valence-corrected chi connectivity index (χ3v) is 4.81. The third kappa shape index (κ3) is 4.04. The Morgan fingerprint density at radius 2 is 1.97 bits per heavy atom. The van der Waals surface area contributed by atoms with Gasteiger partial charge in [0.15, 0.2) is 5.82 Å². The molecule has 0 spiro atoms. The molecule has 0 bridgehead atoms. The average molecular weight is 468 g/mol. The predicted molar refractivity (Wildman–Crippen MR) is 120 cm³/mol. The monoisotopic (exact) mass is 467 g/mol. The van der Waals surface area contributed by atoms with Crippen molar-refractivity contribution in [2.45, 2.75) is 6.92 Å². The fourth-order valence-electron chi connectivity index (χ4n) is 3.20. The molecule has 0 aliphatic heterocycles. The molecule has 0 saturated carbocycles. The summed E-state index contributed by atoms with van der Waals surface area (Å²) in [4.78, 5) is 14.8. The molecule has 0 amide bonds. The summed E-state index contributed by atoms with van der Waals surface area (Å²) in [6.07, 6.45) is 4.93. The topological polar surface area (TPSA) is 63.2 Å². The molecule has 2 heterocycles. The van der Waals surface area contributed by atoms with Crippen LogP contribution >= 0.6 is 15.9 Å². The Hall–Kier alpha value is -3.26. The Kier molecular flexibility index (Phi) is 5.50. The molecule has 4 rings (SSSR count). The van der Waals surface area contributed by atoms with Gasteiger partial charge in [-0.05, 0) is 43.3 Å². The second kappa shape index (κ2) is 8.23. The highest BCUT2D eigenvalue weighted by molar-refractivity contribution is 9.10. The SMILES string of the molecule is C/C(=C\N(C)C)Oc1cc(Br)cc2ncnc(Nc3ccc4ncccc4c3F)c12. The smallest absolute Gasteiger partial charge is 0.156 e. The van der Waals surface area contributed by atoms with Crippen LogP contribution in [0.15, 0.2) is 65.4 Å². The van der Waals surface area contributed by atoms with Gasteiger partial charge in [-0.15, -0.1) is 0 Å². The van der Waals surface area contributed by atoms with Crippen LogP contribution < -0.4 is 10.1 Å². The molecule has 30 heavy (non-hydrogen) atoms. The quantitative estimate of drug-likeness (QED) is 0.384. The average Bonchev–Trinajstić information content (AvgIpc) is 2.69. The Labute approximate surface area is 181 Å². The second-order valence-corrected chi connectivity index (χ2v) is 7.86. The first-order valence-corrected chi connectivity index (χ1v) is 9.99. The molecule has 0 aliphatic rings. The zero-order chi connectivity index (χ0) is 21.3. The molecule has 0 atom stereocenters. The minimum atomic E-state index is -0.393. The molecular formula is C22H19BrFN5O. The van der Waals surface area contributed by atoms with Crippen molar-refractivity contribution >= 4 is 49.2 Å². The van der Waals surface area contributed by atoms with Crippen LogP contribution in [0.2, 0.25) is 0 Å². The normalized spacial score (nSPS) is 11.7. The number of ether oxygens (including phenoxy) is 1. The van der Waals surface area contributed by atoms with Crippen molar-refractivity contribution in [3.63, 3.8) is 0 Å². The van der Waals surface area contributed by atoms with Crippen molar-refractivity contribution in [1.82, 2.24) is 19.9 Å². The molecule has 0 unspecified atom stereocenters. The number of rotatable bonds is 5. The summed E-state index contributed by atoms with van der Waals surface area (Å²) in [6.45, 7) is 1.86. The molecule has 2 aromatic carbocycles. The zero-order valence-electron chi connectivity index (χ0n) is 16.6. The van der Waals surface area contributed by atoms with E-state index in [0.29, 0.717) is 44.8 Å². The van der Waals surface area contributed by atoms with Crippen LogP contribution in [0.4, 0.5) is 15.9 Å². The molecular weight excluding hydrogens is 449 g/mol. The van der Waals surface area contributed by atoms with E-state index in [2.05, 4.69) is 36.2 Å². The number of hydrogen-bond acceptors (Lipinski definition) is 6. The first-order valence-electron chi connectivity index (χ1n) is 9.19. The lowest BCUT2D eigenvalue weighted by molar-refractivity contribution is 0.408. The lowest BCUT2D eigenvalue weighted by Gasteiger charge is -2.15. The van der Waals surface area contributed by atoms with E-state index in [-0.39, 0.29) is 0 Å². The molecule has 0 radical (unpaired) electrons. The summed E-state index contributed by atoms with van der Waals surface area (Å²) >= 11 is 3.50. The highest BCUT2D eigenvalue weighted by Gasteiger charge is 2.15. The minimum absolute atomic E-state index is 0.296. The molecule has 0 fully saturated rings. The zero-order valence-corrected chi connectivity index (χ0v) is 18.2. The van der Waals surface area contributed by atoms with Gasteiger partial charge in [0.1, 0.15) is 23.7 Å². The van der Waals surface area contributed by atoms with Gasteiger partial charge in [-0.3, -0.25) is 4.98 Å². The first kappa shape index (κ1) is 20.0. The largest absolute Gasteiger partial charge is 0.460 e. The van der Waals surface area contributed by atoms with Gasteiger partial charge in [0, 0.05) is 36.4 Å². The van der Waals surface area contributed by atoms with E-state index >= 15 is 4.39 Å². The van der Waals surface area contributed by atoms with Crippen LogP contribution in [-0.4, -0.2) is 33.9 Å². The van der Waals surface area contributed by atoms with Gasteiger partial charge in [0.25, 0.3) is 0 Å². The highest BCUT2D eigenvalue weighted by atomic mass is 79.9. The van der Waals surface area contributed by atoms with E-state index in [1.54, 1.807) is 30.5 Å². The number of pyridine rings is 1. The number of hydrogen-bond donors (Lipinski definition) is 1. The van der Waals surface area contributed by atoms with Gasteiger partial charge < -0.3 is 15.0 Å². The van der Waals surface area contributed by atoms with Gasteiger partial charge in [0.05, 0.1) is 22.1 Å². The van der Waals surface area contributed by atoms with Gasteiger partial charge in [0.2, 0.25) is 0 Å². The number of nitrogens with one attached hydrogen (secondary N) is 1. The summed E-state index contributed by atoms with van der Waals surface area (Å²) in [6, 6.07) is 10.5. The third-order valence-electron chi connectivity index (χ3n) is 4.35. The number of benzene rings is 2. The van der Waals surface area contributed by atoms with Crippen LogP contribution in [-0.2, 0) is 0 Å². The van der Waals surface area contributed by atoms with Gasteiger partial charge >= 0.3 is 0 Å². The Morgan fingerprint density at radius 3 is 2.77 bits per heavy atom. The Bertz CT molecular complexity index is 1280. The van der Waals surface area contributed by atoms with Crippen molar-refractivity contribution in [3.8, 4) is 5.75 Å². The summed E-state index contributed by atoms with van der Waals surface area (Å²) in [7, 11) is 3.83. The van der Waals surface area contributed by atoms with Crippen LogP contribution in [0, 0.1) is 5.82 Å². The minimum Gasteiger partial charge on any atom is -0.460 e.